The summed E-state index contributed by atoms with van der Waals surface area (Å²) in [4.78, 5) is 0. The first kappa shape index (κ1) is 8.60. The zero-order valence-corrected chi connectivity index (χ0v) is 8.30. The van der Waals surface area contributed by atoms with Gasteiger partial charge in [0, 0.05) is 24.2 Å². The summed E-state index contributed by atoms with van der Waals surface area (Å²) in [5.74, 6) is 2.58. The molecule has 0 spiro atoms. The zero-order chi connectivity index (χ0) is 9.26. The highest BCUT2D eigenvalue weighted by Gasteiger charge is 2.35. The van der Waals surface area contributed by atoms with Crippen molar-refractivity contribution < 1.29 is 0 Å². The molecule has 2 unspecified atom stereocenters. The molecule has 1 fully saturated rings. The van der Waals surface area contributed by atoms with Crippen LogP contribution < -0.4 is 5.32 Å². The second-order valence-corrected chi connectivity index (χ2v) is 3.95. The molecule has 1 aliphatic rings. The lowest BCUT2D eigenvalue weighted by Gasteiger charge is -1.96. The maximum Gasteiger partial charge on any atom is 0.148 e. The number of anilines is 1. The average molecular weight is 179 g/mol. The van der Waals surface area contributed by atoms with Gasteiger partial charge in [0.2, 0.25) is 0 Å². The summed E-state index contributed by atoms with van der Waals surface area (Å²) in [6.45, 7) is 5.44. The van der Waals surface area contributed by atoms with E-state index < -0.39 is 0 Å². The first-order chi connectivity index (χ1) is 6.31. The lowest BCUT2D eigenvalue weighted by Crippen LogP contribution is -1.99. The Hall–Kier alpha value is -0.990. The van der Waals surface area contributed by atoms with Crippen LogP contribution >= 0.6 is 0 Å². The molecule has 1 aromatic heterocycles. The van der Waals surface area contributed by atoms with Crippen molar-refractivity contribution in [2.45, 2.75) is 32.6 Å². The molecule has 0 bridgehead atoms. The van der Waals surface area contributed by atoms with Crippen LogP contribution in [0, 0.1) is 5.92 Å². The third-order valence-electron chi connectivity index (χ3n) is 2.66. The molecule has 1 heterocycles. The van der Waals surface area contributed by atoms with Gasteiger partial charge < -0.3 is 5.32 Å². The van der Waals surface area contributed by atoms with Gasteiger partial charge in [0.05, 0.1) is 0 Å². The molecule has 3 nitrogen and oxygen atoms in total. The van der Waals surface area contributed by atoms with Crippen molar-refractivity contribution in [1.29, 1.82) is 0 Å². The van der Waals surface area contributed by atoms with Gasteiger partial charge in [0.1, 0.15) is 5.82 Å². The topological polar surface area (TPSA) is 40.7 Å². The summed E-state index contributed by atoms with van der Waals surface area (Å²) in [7, 11) is 0. The minimum Gasteiger partial charge on any atom is -0.369 e. The van der Waals surface area contributed by atoms with E-state index in [0.717, 1.165) is 30.6 Å². The molecule has 72 valence electrons. The van der Waals surface area contributed by atoms with E-state index in [2.05, 4.69) is 35.4 Å². The van der Waals surface area contributed by atoms with Crippen LogP contribution in [0.5, 0.6) is 0 Å². The number of H-pyrrole nitrogens is 1. The standard InChI is InChI=1S/C10H17N3/c1-3-4-11-10-6-9(12-13-10)8-5-7(8)2/h6-8H,3-5H2,1-2H3,(H2,11,12,13). The van der Waals surface area contributed by atoms with Gasteiger partial charge in [-0.05, 0) is 18.8 Å². The van der Waals surface area contributed by atoms with Crippen LogP contribution in [0.1, 0.15) is 38.3 Å². The van der Waals surface area contributed by atoms with Crippen LogP contribution in [-0.4, -0.2) is 16.7 Å². The fourth-order valence-electron chi connectivity index (χ4n) is 1.63. The Kier molecular flexibility index (Phi) is 2.25. The van der Waals surface area contributed by atoms with Gasteiger partial charge in [0.25, 0.3) is 0 Å². The fourth-order valence-corrected chi connectivity index (χ4v) is 1.63. The smallest absolute Gasteiger partial charge is 0.148 e. The number of nitrogens with zero attached hydrogens (tertiary/aromatic N) is 1. The van der Waals surface area contributed by atoms with Crippen molar-refractivity contribution in [3.8, 4) is 0 Å². The molecule has 1 saturated carbocycles. The molecule has 0 aliphatic heterocycles. The minimum atomic E-state index is 0.740. The van der Waals surface area contributed by atoms with Crippen LogP contribution in [-0.2, 0) is 0 Å². The highest BCUT2D eigenvalue weighted by Crippen LogP contribution is 2.46. The number of nitrogens with one attached hydrogen (secondary N) is 2. The Bertz CT molecular complexity index is 279. The van der Waals surface area contributed by atoms with Crippen molar-refractivity contribution in [2.75, 3.05) is 11.9 Å². The molecule has 0 aromatic carbocycles. The molecule has 2 N–H and O–H groups in total. The van der Waals surface area contributed by atoms with Crippen molar-refractivity contribution in [3.05, 3.63) is 11.8 Å². The summed E-state index contributed by atoms with van der Waals surface area (Å²) in [6, 6.07) is 2.14. The maximum absolute atomic E-state index is 4.21. The van der Waals surface area contributed by atoms with Crippen molar-refractivity contribution in [3.63, 3.8) is 0 Å². The Morgan fingerprint density at radius 2 is 2.46 bits per heavy atom. The van der Waals surface area contributed by atoms with Crippen LogP contribution in [0.15, 0.2) is 6.07 Å². The monoisotopic (exact) mass is 179 g/mol. The zero-order valence-electron chi connectivity index (χ0n) is 8.30. The van der Waals surface area contributed by atoms with Crippen molar-refractivity contribution in [1.82, 2.24) is 10.2 Å². The van der Waals surface area contributed by atoms with E-state index in [9.17, 15) is 0 Å². The molecule has 1 aromatic rings. The average Bonchev–Trinajstić information content (AvgIpc) is 2.67. The highest BCUT2D eigenvalue weighted by molar-refractivity contribution is 5.37. The fraction of sp³-hybridized carbons (Fsp3) is 0.700. The van der Waals surface area contributed by atoms with Crippen LogP contribution in [0.3, 0.4) is 0 Å². The number of aromatic amines is 1. The van der Waals surface area contributed by atoms with Gasteiger partial charge in [-0.1, -0.05) is 13.8 Å². The van der Waals surface area contributed by atoms with Crippen molar-refractivity contribution in [2.24, 2.45) is 5.92 Å². The van der Waals surface area contributed by atoms with Crippen molar-refractivity contribution >= 4 is 5.82 Å². The highest BCUT2D eigenvalue weighted by atomic mass is 15.2. The second kappa shape index (κ2) is 3.40. The Morgan fingerprint density at radius 1 is 1.69 bits per heavy atom. The lowest BCUT2D eigenvalue weighted by molar-refractivity contribution is 0.871. The first-order valence-corrected chi connectivity index (χ1v) is 5.10. The normalized spacial score (nSPS) is 26.0. The lowest BCUT2D eigenvalue weighted by atomic mass is 10.2. The summed E-state index contributed by atoms with van der Waals surface area (Å²) in [6.07, 6.45) is 2.46. The third kappa shape index (κ3) is 1.85. The molecule has 2 rings (SSSR count). The van der Waals surface area contributed by atoms with Gasteiger partial charge in [-0.25, -0.2) is 0 Å². The SMILES string of the molecule is CCCNc1cc(C2CC2C)[nH]n1. The minimum absolute atomic E-state index is 0.740. The summed E-state index contributed by atoms with van der Waals surface area (Å²) in [5.41, 5.74) is 1.30. The third-order valence-corrected chi connectivity index (χ3v) is 2.66. The van der Waals surface area contributed by atoms with E-state index in [-0.39, 0.29) is 0 Å². The van der Waals surface area contributed by atoms with Gasteiger partial charge in [-0.15, -0.1) is 0 Å². The van der Waals surface area contributed by atoms with Gasteiger partial charge in [-0.2, -0.15) is 5.10 Å². The molecular weight excluding hydrogens is 162 g/mol. The van der Waals surface area contributed by atoms with Gasteiger partial charge in [-0.3, -0.25) is 5.10 Å². The number of rotatable bonds is 4. The predicted molar refractivity (Wildman–Crippen MR) is 53.9 cm³/mol. The maximum atomic E-state index is 4.21. The molecule has 13 heavy (non-hydrogen) atoms. The Labute approximate surface area is 78.9 Å². The summed E-state index contributed by atoms with van der Waals surface area (Å²) >= 11 is 0. The van der Waals surface area contributed by atoms with Crippen LogP contribution in [0.4, 0.5) is 5.82 Å². The van der Waals surface area contributed by atoms with E-state index >= 15 is 0 Å². The number of aromatic nitrogens is 2. The molecule has 0 amide bonds. The molecule has 2 atom stereocenters. The molecule has 0 saturated heterocycles. The number of hydrogen-bond acceptors (Lipinski definition) is 2. The van der Waals surface area contributed by atoms with Gasteiger partial charge >= 0.3 is 0 Å². The van der Waals surface area contributed by atoms with Crippen LogP contribution in [0.25, 0.3) is 0 Å². The Balaban J connectivity index is 1.94. The molecule has 3 heteroatoms. The van der Waals surface area contributed by atoms with E-state index in [1.54, 1.807) is 0 Å². The molecule has 0 radical (unpaired) electrons. The van der Waals surface area contributed by atoms with Gasteiger partial charge in [0.15, 0.2) is 0 Å². The quantitative estimate of drug-likeness (QED) is 0.745. The largest absolute Gasteiger partial charge is 0.369 e. The van der Waals surface area contributed by atoms with E-state index in [4.69, 9.17) is 0 Å². The van der Waals surface area contributed by atoms with E-state index in [0.29, 0.717) is 0 Å². The predicted octanol–water partition coefficient (Wildman–Crippen LogP) is 2.35. The Morgan fingerprint density at radius 3 is 3.08 bits per heavy atom. The first-order valence-electron chi connectivity index (χ1n) is 5.10. The second-order valence-electron chi connectivity index (χ2n) is 3.95. The number of hydrogen-bond donors (Lipinski definition) is 2. The summed E-state index contributed by atoms with van der Waals surface area (Å²) in [5, 5.41) is 10.6. The van der Waals surface area contributed by atoms with E-state index in [1.807, 2.05) is 0 Å². The summed E-state index contributed by atoms with van der Waals surface area (Å²) < 4.78 is 0. The van der Waals surface area contributed by atoms with Crippen LogP contribution in [0.2, 0.25) is 0 Å². The molecular formula is C10H17N3. The van der Waals surface area contributed by atoms with E-state index in [1.165, 1.54) is 12.1 Å². The molecule has 1 aliphatic carbocycles.